The summed E-state index contributed by atoms with van der Waals surface area (Å²) in [5.74, 6) is 0.847. The molecule has 3 heterocycles. The number of nitrogens with zero attached hydrogens (tertiary/aromatic N) is 3. The van der Waals surface area contributed by atoms with Crippen molar-refractivity contribution < 1.29 is 4.79 Å². The van der Waals surface area contributed by atoms with Gasteiger partial charge in [0.15, 0.2) is 0 Å². The number of benzene rings is 1. The summed E-state index contributed by atoms with van der Waals surface area (Å²) in [5.41, 5.74) is 5.19. The molecule has 4 rings (SSSR count). The Morgan fingerprint density at radius 3 is 2.64 bits per heavy atom. The summed E-state index contributed by atoms with van der Waals surface area (Å²) in [4.78, 5) is 13.0. The molecule has 7 heteroatoms. The van der Waals surface area contributed by atoms with E-state index in [4.69, 9.17) is 0 Å². The van der Waals surface area contributed by atoms with Gasteiger partial charge in [0.25, 0.3) is 0 Å². The number of hydrogen-bond donors (Lipinski definition) is 1. The number of thioether (sulfide) groups is 1. The van der Waals surface area contributed by atoms with Crippen LogP contribution in [-0.2, 0) is 4.79 Å². The van der Waals surface area contributed by atoms with E-state index in [0.29, 0.717) is 6.42 Å². The van der Waals surface area contributed by atoms with Crippen LogP contribution < -0.4 is 5.32 Å². The molecule has 1 aromatic carbocycles. The minimum atomic E-state index is -0.243. The van der Waals surface area contributed by atoms with Gasteiger partial charge < -0.3 is 5.32 Å². The van der Waals surface area contributed by atoms with E-state index in [0.717, 1.165) is 38.7 Å². The van der Waals surface area contributed by atoms with E-state index in [-0.39, 0.29) is 11.2 Å². The van der Waals surface area contributed by atoms with Crippen LogP contribution in [0.5, 0.6) is 0 Å². The zero-order valence-corrected chi connectivity index (χ0v) is 17.9. The average molecular weight is 411 g/mol. The van der Waals surface area contributed by atoms with Crippen LogP contribution in [0, 0.1) is 20.8 Å². The summed E-state index contributed by atoms with van der Waals surface area (Å²) in [6.45, 7) is 8.01. The quantitative estimate of drug-likeness (QED) is 0.449. The second-order valence-corrected chi connectivity index (χ2v) is 9.00. The van der Waals surface area contributed by atoms with E-state index in [9.17, 15) is 4.79 Å². The molecule has 0 saturated heterocycles. The van der Waals surface area contributed by atoms with Crippen molar-refractivity contribution in [3.8, 4) is 0 Å². The molecule has 0 aliphatic rings. The lowest BCUT2D eigenvalue weighted by molar-refractivity contribution is -0.115. The van der Waals surface area contributed by atoms with Crippen molar-refractivity contribution in [3.05, 3.63) is 52.7 Å². The lowest BCUT2D eigenvalue weighted by Gasteiger charge is -2.17. The molecule has 0 unspecified atom stereocenters. The molecule has 1 atom stereocenters. The van der Waals surface area contributed by atoms with Crippen LogP contribution >= 0.6 is 23.1 Å². The maximum atomic E-state index is 13.0. The number of aromatic nitrogens is 3. The highest BCUT2D eigenvalue weighted by atomic mass is 32.2. The fourth-order valence-electron chi connectivity index (χ4n) is 3.40. The minimum absolute atomic E-state index is 0.00112. The van der Waals surface area contributed by atoms with E-state index in [1.165, 1.54) is 16.5 Å². The number of thiophene rings is 1. The van der Waals surface area contributed by atoms with Gasteiger partial charge >= 0.3 is 0 Å². The molecule has 0 aliphatic heterocycles. The molecule has 0 aliphatic carbocycles. The first-order valence-electron chi connectivity index (χ1n) is 9.25. The van der Waals surface area contributed by atoms with Crippen molar-refractivity contribution in [3.63, 3.8) is 0 Å². The van der Waals surface area contributed by atoms with Crippen molar-refractivity contribution in [1.29, 1.82) is 0 Å². The second-order valence-electron chi connectivity index (χ2n) is 6.86. The van der Waals surface area contributed by atoms with Crippen LogP contribution in [0.3, 0.4) is 0 Å². The SMILES string of the molecule is CC[C@H](Sc1nnc(C)n2c1cc1sccc12)C(=O)Nc1c(C)cccc1C. The van der Waals surface area contributed by atoms with Gasteiger partial charge in [0.1, 0.15) is 10.9 Å². The van der Waals surface area contributed by atoms with Gasteiger partial charge in [-0.2, -0.15) is 0 Å². The van der Waals surface area contributed by atoms with Gasteiger partial charge in [-0.25, -0.2) is 0 Å². The number of para-hydroxylation sites is 1. The van der Waals surface area contributed by atoms with Crippen LogP contribution in [-0.4, -0.2) is 25.8 Å². The molecule has 4 aromatic rings. The maximum absolute atomic E-state index is 13.0. The zero-order valence-electron chi connectivity index (χ0n) is 16.3. The number of fused-ring (bicyclic) bond motifs is 3. The number of amides is 1. The zero-order chi connectivity index (χ0) is 19.8. The van der Waals surface area contributed by atoms with E-state index >= 15 is 0 Å². The average Bonchev–Trinajstić information content (AvgIpc) is 3.26. The van der Waals surface area contributed by atoms with Gasteiger partial charge in [-0.15, -0.1) is 21.5 Å². The molecule has 5 nitrogen and oxygen atoms in total. The van der Waals surface area contributed by atoms with Crippen molar-refractivity contribution in [2.24, 2.45) is 0 Å². The number of hydrogen-bond acceptors (Lipinski definition) is 5. The van der Waals surface area contributed by atoms with E-state index < -0.39 is 0 Å². The van der Waals surface area contributed by atoms with Crippen LogP contribution in [0.1, 0.15) is 30.3 Å². The molecule has 0 radical (unpaired) electrons. The first-order valence-corrected chi connectivity index (χ1v) is 11.0. The van der Waals surface area contributed by atoms with Gasteiger partial charge in [0.2, 0.25) is 5.91 Å². The van der Waals surface area contributed by atoms with Gasteiger partial charge in [-0.3, -0.25) is 9.20 Å². The van der Waals surface area contributed by atoms with Crippen LogP contribution in [0.15, 0.2) is 40.7 Å². The summed E-state index contributed by atoms with van der Waals surface area (Å²) in [6.07, 6.45) is 0.707. The van der Waals surface area contributed by atoms with E-state index in [1.54, 1.807) is 11.3 Å². The van der Waals surface area contributed by atoms with E-state index in [1.807, 2.05) is 45.9 Å². The lowest BCUT2D eigenvalue weighted by Crippen LogP contribution is -2.25. The molecule has 1 N–H and O–H groups in total. The fraction of sp³-hybridized carbons (Fsp3) is 0.286. The predicted molar refractivity (Wildman–Crippen MR) is 118 cm³/mol. The highest BCUT2D eigenvalue weighted by molar-refractivity contribution is 8.00. The molecule has 0 fully saturated rings. The fourth-order valence-corrected chi connectivity index (χ4v) is 5.17. The Kier molecular flexibility index (Phi) is 5.12. The Balaban J connectivity index is 1.65. The summed E-state index contributed by atoms with van der Waals surface area (Å²) in [6, 6.07) is 10.3. The lowest BCUT2D eigenvalue weighted by atomic mass is 10.1. The normalized spacial score (nSPS) is 12.6. The Hall–Kier alpha value is -2.38. The van der Waals surface area contributed by atoms with Crippen molar-refractivity contribution in [2.75, 3.05) is 5.32 Å². The highest BCUT2D eigenvalue weighted by Gasteiger charge is 2.22. The van der Waals surface area contributed by atoms with Gasteiger partial charge in [0.05, 0.1) is 21.0 Å². The third-order valence-electron chi connectivity index (χ3n) is 4.90. The topological polar surface area (TPSA) is 59.3 Å². The Morgan fingerprint density at radius 1 is 1.18 bits per heavy atom. The first-order chi connectivity index (χ1) is 13.5. The number of anilines is 1. The summed E-state index contributed by atoms with van der Waals surface area (Å²) in [7, 11) is 0. The molecule has 1 amide bonds. The molecule has 0 saturated carbocycles. The number of rotatable bonds is 5. The van der Waals surface area contributed by atoms with Gasteiger partial charge in [0, 0.05) is 5.69 Å². The predicted octanol–water partition coefficient (Wildman–Crippen LogP) is 5.38. The van der Waals surface area contributed by atoms with Crippen molar-refractivity contribution in [2.45, 2.75) is 44.4 Å². The maximum Gasteiger partial charge on any atom is 0.237 e. The molecular formula is C21H22N4OS2. The third-order valence-corrected chi connectivity index (χ3v) is 7.10. The first kappa shape index (κ1) is 19.0. The Labute approximate surface area is 172 Å². The van der Waals surface area contributed by atoms with Crippen molar-refractivity contribution in [1.82, 2.24) is 14.6 Å². The molecule has 0 bridgehead atoms. The van der Waals surface area contributed by atoms with Gasteiger partial charge in [-0.1, -0.05) is 36.9 Å². The summed E-state index contributed by atoms with van der Waals surface area (Å²) >= 11 is 3.18. The largest absolute Gasteiger partial charge is 0.325 e. The molecule has 0 spiro atoms. The number of nitrogens with one attached hydrogen (secondary N) is 1. The van der Waals surface area contributed by atoms with Crippen LogP contribution in [0.25, 0.3) is 15.7 Å². The van der Waals surface area contributed by atoms with Crippen molar-refractivity contribution >= 4 is 50.4 Å². The molecule has 3 aromatic heterocycles. The second kappa shape index (κ2) is 7.56. The summed E-state index contributed by atoms with van der Waals surface area (Å²) < 4.78 is 3.32. The minimum Gasteiger partial charge on any atom is -0.325 e. The van der Waals surface area contributed by atoms with E-state index in [2.05, 4.69) is 37.4 Å². The number of aryl methyl sites for hydroxylation is 3. The highest BCUT2D eigenvalue weighted by Crippen LogP contribution is 2.34. The third kappa shape index (κ3) is 3.29. The Morgan fingerprint density at radius 2 is 1.93 bits per heavy atom. The molecule has 28 heavy (non-hydrogen) atoms. The van der Waals surface area contributed by atoms with Gasteiger partial charge in [-0.05, 0) is 55.8 Å². The van der Waals surface area contributed by atoms with Crippen LogP contribution in [0.2, 0.25) is 0 Å². The number of carbonyl (C=O) groups is 1. The monoisotopic (exact) mass is 410 g/mol. The molecule has 144 valence electrons. The number of carbonyl (C=O) groups excluding carboxylic acids is 1. The Bertz CT molecular complexity index is 1160. The standard InChI is InChI=1S/C21H22N4OS2/c1-5-17(20(26)22-19-12(2)7-6-8-13(19)3)28-21-16-11-18-15(9-10-27-18)25(16)14(4)23-24-21/h6-11,17H,5H2,1-4H3,(H,22,26)/t17-/m0/s1. The smallest absolute Gasteiger partial charge is 0.237 e. The van der Waals surface area contributed by atoms with Crippen LogP contribution in [0.4, 0.5) is 5.69 Å². The molecular weight excluding hydrogens is 388 g/mol. The summed E-state index contributed by atoms with van der Waals surface area (Å²) in [5, 5.41) is 14.5.